The number of allylic oxidation sites excluding steroid dienone is 1. The van der Waals surface area contributed by atoms with Gasteiger partial charge in [-0.1, -0.05) is 6.08 Å². The lowest BCUT2D eigenvalue weighted by atomic mass is 10.1. The molecule has 0 amide bonds. The molecule has 0 saturated carbocycles. The molecule has 1 heterocycles. The second kappa shape index (κ2) is 8.24. The lowest BCUT2D eigenvalue weighted by Crippen LogP contribution is -2.21. The summed E-state index contributed by atoms with van der Waals surface area (Å²) in [4.78, 5) is 22.9. The molecule has 11 heteroatoms. The van der Waals surface area contributed by atoms with Crippen LogP contribution in [0.3, 0.4) is 0 Å². The van der Waals surface area contributed by atoms with Gasteiger partial charge in [0.25, 0.3) is 11.2 Å². The lowest BCUT2D eigenvalue weighted by Gasteiger charge is -2.11. The molecule has 0 aliphatic heterocycles. The van der Waals surface area contributed by atoms with E-state index in [4.69, 9.17) is 0 Å². The first kappa shape index (κ1) is 20.5. The van der Waals surface area contributed by atoms with Gasteiger partial charge in [-0.05, 0) is 38.8 Å². The Morgan fingerprint density at radius 2 is 1.93 bits per heavy atom. The van der Waals surface area contributed by atoms with Crippen LogP contribution >= 0.6 is 31.9 Å². The maximum absolute atomic E-state index is 12.6. The molecule has 0 saturated heterocycles. The van der Waals surface area contributed by atoms with Crippen LogP contribution in [0, 0.1) is 28.4 Å². The maximum Gasteiger partial charge on any atom is 0.281 e. The molecule has 2 aromatic rings. The molecule has 0 atom stereocenters. The fourth-order valence-electron chi connectivity index (χ4n) is 2.21. The van der Waals surface area contributed by atoms with Crippen molar-refractivity contribution < 1.29 is 10.0 Å². The highest BCUT2D eigenvalue weighted by atomic mass is 79.9. The van der Waals surface area contributed by atoms with Gasteiger partial charge in [-0.15, -0.1) is 16.8 Å². The summed E-state index contributed by atoms with van der Waals surface area (Å²) in [5, 5.41) is 38.2. The highest BCUT2D eigenvalue weighted by Gasteiger charge is 2.19. The molecule has 0 aliphatic carbocycles. The van der Waals surface area contributed by atoms with Gasteiger partial charge < -0.3 is 5.11 Å². The summed E-state index contributed by atoms with van der Waals surface area (Å²) >= 11 is 6.36. The zero-order valence-electron chi connectivity index (χ0n) is 13.8. The van der Waals surface area contributed by atoms with E-state index in [9.17, 15) is 25.3 Å². The van der Waals surface area contributed by atoms with Gasteiger partial charge in [-0.25, -0.2) is 0 Å². The van der Waals surface area contributed by atoms with Gasteiger partial charge in [0.2, 0.25) is 5.88 Å². The van der Waals surface area contributed by atoms with Crippen LogP contribution in [0.5, 0.6) is 5.88 Å². The second-order valence-corrected chi connectivity index (χ2v) is 6.91. The highest BCUT2D eigenvalue weighted by Crippen LogP contribution is 2.38. The molecular formula is C16H11Br2N5O4. The van der Waals surface area contributed by atoms with Crippen molar-refractivity contribution in [3.8, 4) is 11.9 Å². The Labute approximate surface area is 169 Å². The molecule has 2 rings (SSSR count). The van der Waals surface area contributed by atoms with Crippen LogP contribution in [-0.4, -0.2) is 14.6 Å². The number of nitro benzene ring substituents is 1. The maximum atomic E-state index is 12.6. The van der Waals surface area contributed by atoms with Crippen LogP contribution in [0.4, 0.5) is 17.1 Å². The second-order valence-electron chi connectivity index (χ2n) is 5.20. The van der Waals surface area contributed by atoms with Crippen LogP contribution in [0.1, 0.15) is 11.1 Å². The van der Waals surface area contributed by atoms with Gasteiger partial charge >= 0.3 is 0 Å². The fourth-order valence-corrected chi connectivity index (χ4v) is 3.53. The van der Waals surface area contributed by atoms with Crippen molar-refractivity contribution in [3.05, 3.63) is 65.3 Å². The number of halogens is 2. The van der Waals surface area contributed by atoms with E-state index < -0.39 is 16.4 Å². The molecule has 1 N–H and O–H groups in total. The van der Waals surface area contributed by atoms with Crippen LogP contribution < -0.4 is 5.56 Å². The molecule has 9 nitrogen and oxygen atoms in total. The predicted octanol–water partition coefficient (Wildman–Crippen LogP) is 4.77. The van der Waals surface area contributed by atoms with Crippen LogP contribution in [-0.2, 0) is 6.54 Å². The SMILES string of the molecule is C=CCn1c(O)c(C#N)c(C)c(N=Nc2c(Br)cc([N+](=O)[O-])cc2Br)c1=O. The van der Waals surface area contributed by atoms with E-state index in [1.54, 1.807) is 0 Å². The van der Waals surface area contributed by atoms with E-state index in [0.29, 0.717) is 0 Å². The fraction of sp³-hybridized carbons (Fsp3) is 0.125. The molecule has 27 heavy (non-hydrogen) atoms. The van der Waals surface area contributed by atoms with Crippen molar-refractivity contribution in [2.45, 2.75) is 13.5 Å². The summed E-state index contributed by atoms with van der Waals surface area (Å²) in [7, 11) is 0. The molecular weight excluding hydrogens is 486 g/mol. The number of nitriles is 1. The first-order chi connectivity index (χ1) is 12.7. The van der Waals surface area contributed by atoms with Crippen molar-refractivity contribution in [3.63, 3.8) is 0 Å². The van der Waals surface area contributed by atoms with Gasteiger partial charge in [0.05, 0.1) is 13.9 Å². The van der Waals surface area contributed by atoms with Crippen LogP contribution in [0.2, 0.25) is 0 Å². The monoisotopic (exact) mass is 495 g/mol. The number of hydrogen-bond acceptors (Lipinski definition) is 7. The Balaban J connectivity index is 2.67. The van der Waals surface area contributed by atoms with Crippen LogP contribution in [0.25, 0.3) is 0 Å². The smallest absolute Gasteiger partial charge is 0.281 e. The van der Waals surface area contributed by atoms with E-state index in [-0.39, 0.29) is 43.7 Å². The third-order valence-corrected chi connectivity index (χ3v) is 4.75. The van der Waals surface area contributed by atoms with E-state index in [2.05, 4.69) is 48.7 Å². The lowest BCUT2D eigenvalue weighted by molar-refractivity contribution is -0.385. The Morgan fingerprint density at radius 3 is 2.41 bits per heavy atom. The molecule has 0 fully saturated rings. The number of pyridine rings is 1. The van der Waals surface area contributed by atoms with E-state index in [1.165, 1.54) is 25.1 Å². The van der Waals surface area contributed by atoms with E-state index in [0.717, 1.165) is 4.57 Å². The number of nitro groups is 1. The Bertz CT molecular complexity index is 1060. The van der Waals surface area contributed by atoms with Crippen molar-refractivity contribution in [2.24, 2.45) is 10.2 Å². The number of benzene rings is 1. The first-order valence-corrected chi connectivity index (χ1v) is 8.84. The largest absolute Gasteiger partial charge is 0.493 e. The average molecular weight is 497 g/mol. The minimum atomic E-state index is -0.651. The van der Waals surface area contributed by atoms with Crippen molar-refractivity contribution in [1.29, 1.82) is 5.26 Å². The molecule has 0 aliphatic rings. The van der Waals surface area contributed by atoms with Crippen molar-refractivity contribution in [1.82, 2.24) is 4.57 Å². The number of azo groups is 1. The molecule has 138 valence electrons. The van der Waals surface area contributed by atoms with Gasteiger partial charge in [0, 0.05) is 24.2 Å². The highest BCUT2D eigenvalue weighted by molar-refractivity contribution is 9.11. The first-order valence-electron chi connectivity index (χ1n) is 7.25. The van der Waals surface area contributed by atoms with Crippen molar-refractivity contribution >= 4 is 48.9 Å². The van der Waals surface area contributed by atoms with Gasteiger partial charge in [-0.3, -0.25) is 19.5 Å². The summed E-state index contributed by atoms with van der Waals surface area (Å²) in [5.41, 5.74) is -0.662. The summed E-state index contributed by atoms with van der Waals surface area (Å²) in [6.45, 7) is 4.95. The number of aromatic nitrogens is 1. The molecule has 1 aromatic heterocycles. The Hall–Kier alpha value is -2.84. The summed E-state index contributed by atoms with van der Waals surface area (Å²) in [6.07, 6.45) is 1.39. The number of non-ortho nitro benzene ring substituents is 1. The quantitative estimate of drug-likeness (QED) is 0.275. The zero-order chi connectivity index (χ0) is 20.3. The summed E-state index contributed by atoms with van der Waals surface area (Å²) in [6, 6.07) is 4.33. The average Bonchev–Trinajstić information content (AvgIpc) is 2.60. The number of hydrogen-bond donors (Lipinski definition) is 1. The Morgan fingerprint density at radius 1 is 1.37 bits per heavy atom. The molecule has 0 bridgehead atoms. The summed E-state index contributed by atoms with van der Waals surface area (Å²) in [5.74, 6) is -0.475. The standard InChI is InChI=1S/C16H11Br2N5O4/c1-3-4-22-15(24)10(7-19)8(2)13(16(22)25)20-21-14-11(17)5-9(23(26)27)6-12(14)18/h3,5-6,24H,1,4H2,2H3. The van der Waals surface area contributed by atoms with Gasteiger partial charge in [0.15, 0.2) is 5.69 Å². The molecule has 0 unspecified atom stereocenters. The normalized spacial score (nSPS) is 10.7. The van der Waals surface area contributed by atoms with Gasteiger partial charge in [-0.2, -0.15) is 5.26 Å². The van der Waals surface area contributed by atoms with E-state index >= 15 is 0 Å². The zero-order valence-corrected chi connectivity index (χ0v) is 17.0. The minimum Gasteiger partial charge on any atom is -0.493 e. The Kier molecular flexibility index (Phi) is 6.24. The van der Waals surface area contributed by atoms with Crippen molar-refractivity contribution in [2.75, 3.05) is 0 Å². The van der Waals surface area contributed by atoms with Crippen LogP contribution in [0.15, 0.2) is 48.8 Å². The third-order valence-electron chi connectivity index (χ3n) is 3.54. The van der Waals surface area contributed by atoms with Gasteiger partial charge in [0.1, 0.15) is 17.3 Å². The van der Waals surface area contributed by atoms with E-state index in [1.807, 2.05) is 6.07 Å². The molecule has 0 radical (unpaired) electrons. The molecule has 1 aromatic carbocycles. The minimum absolute atomic E-state index is 0.0208. The molecule has 0 spiro atoms. The number of aromatic hydroxyl groups is 1. The topological polar surface area (TPSA) is 134 Å². The predicted molar refractivity (Wildman–Crippen MR) is 105 cm³/mol. The number of nitrogens with zero attached hydrogens (tertiary/aromatic N) is 5. The summed E-state index contributed by atoms with van der Waals surface area (Å²) < 4.78 is 1.53. The number of rotatable bonds is 5. The third kappa shape index (κ3) is 3.96.